The SMILES string of the molecule is Cc1nc(-c2cccc(Cl)c2)sc1C(=O)NCCc1nnc2ccccn12. The predicted octanol–water partition coefficient (Wildman–Crippen LogP) is 3.79. The normalized spacial score (nSPS) is 11.0. The zero-order valence-electron chi connectivity index (χ0n) is 14.5. The number of carbonyl (C=O) groups excluding carboxylic acids is 1. The van der Waals surface area contributed by atoms with Crippen molar-refractivity contribution < 1.29 is 4.79 Å². The van der Waals surface area contributed by atoms with Gasteiger partial charge in [-0.15, -0.1) is 21.5 Å². The molecular formula is C19H16ClN5OS. The van der Waals surface area contributed by atoms with Crippen LogP contribution in [0.1, 0.15) is 21.2 Å². The van der Waals surface area contributed by atoms with Crippen LogP contribution in [-0.2, 0) is 6.42 Å². The highest BCUT2D eigenvalue weighted by molar-refractivity contribution is 7.17. The molecule has 0 saturated carbocycles. The molecule has 136 valence electrons. The molecule has 0 radical (unpaired) electrons. The number of thiazole rings is 1. The molecule has 0 aliphatic carbocycles. The van der Waals surface area contributed by atoms with Crippen LogP contribution in [0.5, 0.6) is 0 Å². The number of halogens is 1. The van der Waals surface area contributed by atoms with Gasteiger partial charge in [0.05, 0.1) is 5.69 Å². The number of rotatable bonds is 5. The summed E-state index contributed by atoms with van der Waals surface area (Å²) in [4.78, 5) is 17.7. The lowest BCUT2D eigenvalue weighted by Gasteiger charge is -2.03. The highest BCUT2D eigenvalue weighted by Crippen LogP contribution is 2.29. The van der Waals surface area contributed by atoms with Crippen LogP contribution in [0.2, 0.25) is 5.02 Å². The Kier molecular flexibility index (Phi) is 4.87. The molecule has 1 amide bonds. The van der Waals surface area contributed by atoms with E-state index in [2.05, 4.69) is 20.5 Å². The lowest BCUT2D eigenvalue weighted by Crippen LogP contribution is -2.26. The minimum atomic E-state index is -0.132. The number of hydrogen-bond donors (Lipinski definition) is 1. The topological polar surface area (TPSA) is 72.2 Å². The second-order valence-electron chi connectivity index (χ2n) is 5.99. The Morgan fingerprint density at radius 2 is 2.11 bits per heavy atom. The monoisotopic (exact) mass is 397 g/mol. The maximum atomic E-state index is 12.6. The third-order valence-corrected chi connectivity index (χ3v) is 5.53. The molecule has 27 heavy (non-hydrogen) atoms. The quantitative estimate of drug-likeness (QED) is 0.556. The standard InChI is InChI=1S/C19H16ClN5OS/c1-12-17(27-19(22-12)13-5-4-6-14(20)11-13)18(26)21-9-8-16-24-23-15-7-2-3-10-25(15)16/h2-7,10-11H,8-9H2,1H3,(H,21,26). The number of aryl methyl sites for hydroxylation is 1. The number of carbonyl (C=O) groups is 1. The van der Waals surface area contributed by atoms with E-state index in [4.69, 9.17) is 11.6 Å². The number of fused-ring (bicyclic) bond motifs is 1. The van der Waals surface area contributed by atoms with Crippen molar-refractivity contribution in [2.45, 2.75) is 13.3 Å². The van der Waals surface area contributed by atoms with E-state index in [1.165, 1.54) is 11.3 Å². The van der Waals surface area contributed by atoms with Gasteiger partial charge in [0.15, 0.2) is 5.65 Å². The molecule has 0 fully saturated rings. The fourth-order valence-corrected chi connectivity index (χ4v) is 3.95. The molecule has 3 aromatic heterocycles. The number of hydrogen-bond acceptors (Lipinski definition) is 5. The summed E-state index contributed by atoms with van der Waals surface area (Å²) in [6.45, 7) is 2.31. The lowest BCUT2D eigenvalue weighted by molar-refractivity contribution is 0.0957. The average molecular weight is 398 g/mol. The molecule has 0 aliphatic heterocycles. The fraction of sp³-hybridized carbons (Fsp3) is 0.158. The third-order valence-electron chi connectivity index (χ3n) is 4.09. The molecule has 8 heteroatoms. The summed E-state index contributed by atoms with van der Waals surface area (Å²) in [5.41, 5.74) is 2.41. The van der Waals surface area contributed by atoms with Crippen LogP contribution in [0.15, 0.2) is 48.7 Å². The maximum Gasteiger partial charge on any atom is 0.263 e. The van der Waals surface area contributed by atoms with E-state index in [0.29, 0.717) is 28.6 Å². The Balaban J connectivity index is 1.44. The summed E-state index contributed by atoms with van der Waals surface area (Å²) >= 11 is 7.41. The van der Waals surface area contributed by atoms with Gasteiger partial charge in [0.1, 0.15) is 15.7 Å². The molecule has 0 unspecified atom stereocenters. The summed E-state index contributed by atoms with van der Waals surface area (Å²) in [6, 6.07) is 13.2. The first kappa shape index (κ1) is 17.6. The van der Waals surface area contributed by atoms with Crippen molar-refractivity contribution in [2.75, 3.05) is 6.54 Å². The van der Waals surface area contributed by atoms with Gasteiger partial charge in [-0.05, 0) is 31.2 Å². The Morgan fingerprint density at radius 3 is 2.96 bits per heavy atom. The zero-order chi connectivity index (χ0) is 18.8. The van der Waals surface area contributed by atoms with Crippen molar-refractivity contribution >= 4 is 34.5 Å². The lowest BCUT2D eigenvalue weighted by atomic mass is 10.2. The number of amides is 1. The van der Waals surface area contributed by atoms with Gasteiger partial charge in [-0.3, -0.25) is 9.20 Å². The van der Waals surface area contributed by atoms with Crippen LogP contribution in [0.4, 0.5) is 0 Å². The largest absolute Gasteiger partial charge is 0.351 e. The number of nitrogens with one attached hydrogen (secondary N) is 1. The van der Waals surface area contributed by atoms with Gasteiger partial charge in [-0.1, -0.05) is 29.8 Å². The highest BCUT2D eigenvalue weighted by atomic mass is 35.5. The van der Waals surface area contributed by atoms with Gasteiger partial charge >= 0.3 is 0 Å². The van der Waals surface area contributed by atoms with Gasteiger partial charge in [-0.25, -0.2) is 4.98 Å². The molecule has 1 aromatic carbocycles. The van der Waals surface area contributed by atoms with Gasteiger partial charge in [-0.2, -0.15) is 0 Å². The first-order valence-electron chi connectivity index (χ1n) is 8.42. The number of nitrogens with zero attached hydrogens (tertiary/aromatic N) is 4. The van der Waals surface area contributed by atoms with Crippen LogP contribution in [-0.4, -0.2) is 32.0 Å². The second kappa shape index (κ2) is 7.46. The summed E-state index contributed by atoms with van der Waals surface area (Å²) in [5, 5.41) is 12.7. The van der Waals surface area contributed by atoms with Crippen molar-refractivity contribution in [3.63, 3.8) is 0 Å². The molecule has 3 heterocycles. The van der Waals surface area contributed by atoms with E-state index in [0.717, 1.165) is 22.0 Å². The molecule has 0 saturated heterocycles. The average Bonchev–Trinajstić information content (AvgIpc) is 3.26. The summed E-state index contributed by atoms with van der Waals surface area (Å²) in [5.74, 6) is 0.679. The van der Waals surface area contributed by atoms with E-state index >= 15 is 0 Å². The Bertz CT molecular complexity index is 1120. The minimum Gasteiger partial charge on any atom is -0.351 e. The van der Waals surface area contributed by atoms with E-state index < -0.39 is 0 Å². The van der Waals surface area contributed by atoms with E-state index in [1.54, 1.807) is 0 Å². The van der Waals surface area contributed by atoms with E-state index in [1.807, 2.05) is 60.0 Å². The second-order valence-corrected chi connectivity index (χ2v) is 7.43. The van der Waals surface area contributed by atoms with E-state index in [-0.39, 0.29) is 5.91 Å². The molecule has 1 N–H and O–H groups in total. The van der Waals surface area contributed by atoms with Crippen molar-refractivity contribution in [3.05, 3.63) is 70.1 Å². The smallest absolute Gasteiger partial charge is 0.263 e. The van der Waals surface area contributed by atoms with Gasteiger partial charge in [0.2, 0.25) is 0 Å². The van der Waals surface area contributed by atoms with Crippen molar-refractivity contribution in [3.8, 4) is 10.6 Å². The summed E-state index contributed by atoms with van der Waals surface area (Å²) in [7, 11) is 0. The number of aromatic nitrogens is 4. The zero-order valence-corrected chi connectivity index (χ0v) is 16.1. The van der Waals surface area contributed by atoms with E-state index in [9.17, 15) is 4.79 Å². The Hall–Kier alpha value is -2.77. The fourth-order valence-electron chi connectivity index (χ4n) is 2.78. The van der Waals surface area contributed by atoms with Crippen molar-refractivity contribution in [1.82, 2.24) is 24.9 Å². The molecule has 0 spiro atoms. The molecule has 6 nitrogen and oxygen atoms in total. The molecule has 0 bridgehead atoms. The Labute approximate surface area is 164 Å². The van der Waals surface area contributed by atoms with Crippen LogP contribution in [0.3, 0.4) is 0 Å². The number of benzene rings is 1. The minimum absolute atomic E-state index is 0.132. The predicted molar refractivity (Wildman–Crippen MR) is 106 cm³/mol. The van der Waals surface area contributed by atoms with Crippen LogP contribution >= 0.6 is 22.9 Å². The maximum absolute atomic E-state index is 12.6. The van der Waals surface area contributed by atoms with Gasteiger partial charge < -0.3 is 5.32 Å². The molecule has 0 atom stereocenters. The molecular weight excluding hydrogens is 382 g/mol. The third kappa shape index (κ3) is 3.70. The summed E-state index contributed by atoms with van der Waals surface area (Å²) in [6.07, 6.45) is 2.51. The first-order valence-corrected chi connectivity index (χ1v) is 9.61. The summed E-state index contributed by atoms with van der Waals surface area (Å²) < 4.78 is 1.92. The molecule has 0 aliphatic rings. The molecule has 4 rings (SSSR count). The Morgan fingerprint density at radius 1 is 1.22 bits per heavy atom. The van der Waals surface area contributed by atoms with Crippen LogP contribution < -0.4 is 5.32 Å². The van der Waals surface area contributed by atoms with Crippen LogP contribution in [0, 0.1) is 6.92 Å². The molecule has 4 aromatic rings. The van der Waals surface area contributed by atoms with Crippen molar-refractivity contribution in [1.29, 1.82) is 0 Å². The highest BCUT2D eigenvalue weighted by Gasteiger charge is 2.16. The van der Waals surface area contributed by atoms with Crippen LogP contribution in [0.25, 0.3) is 16.2 Å². The number of pyridine rings is 1. The first-order chi connectivity index (χ1) is 13.1. The van der Waals surface area contributed by atoms with Crippen molar-refractivity contribution in [2.24, 2.45) is 0 Å². The van der Waals surface area contributed by atoms with Gasteiger partial charge in [0, 0.05) is 29.7 Å². The van der Waals surface area contributed by atoms with Gasteiger partial charge in [0.25, 0.3) is 5.91 Å².